The second kappa shape index (κ2) is 9.19. The first kappa shape index (κ1) is 22.3. The summed E-state index contributed by atoms with van der Waals surface area (Å²) in [4.78, 5) is 2.16. The molecule has 162 valence electrons. The van der Waals surface area contributed by atoms with Crippen LogP contribution in [0.5, 0.6) is 11.5 Å². The third kappa shape index (κ3) is 5.62. The lowest BCUT2D eigenvalue weighted by Gasteiger charge is -2.11. The van der Waals surface area contributed by atoms with Gasteiger partial charge < -0.3 is 8.92 Å². The van der Waals surface area contributed by atoms with E-state index in [2.05, 4.69) is 9.93 Å². The topological polar surface area (TPSA) is 111 Å². The Kier molecular flexibility index (Phi) is 6.62. The van der Waals surface area contributed by atoms with Crippen LogP contribution in [0, 0.1) is 6.92 Å². The molecule has 0 aliphatic heterocycles. The highest BCUT2D eigenvalue weighted by Crippen LogP contribution is 2.30. The van der Waals surface area contributed by atoms with Crippen LogP contribution in [0.1, 0.15) is 11.1 Å². The van der Waals surface area contributed by atoms with Crippen LogP contribution < -0.4 is 13.8 Å². The van der Waals surface area contributed by atoms with Gasteiger partial charge in [0.05, 0.1) is 18.2 Å². The van der Waals surface area contributed by atoms with Crippen molar-refractivity contribution in [3.63, 3.8) is 0 Å². The van der Waals surface area contributed by atoms with Gasteiger partial charge >= 0.3 is 10.1 Å². The van der Waals surface area contributed by atoms with E-state index in [0.29, 0.717) is 5.56 Å². The molecule has 0 saturated carbocycles. The number of sulfonamides is 1. The Balaban J connectivity index is 1.82. The van der Waals surface area contributed by atoms with Gasteiger partial charge in [0.25, 0.3) is 10.0 Å². The van der Waals surface area contributed by atoms with Crippen molar-refractivity contribution < 1.29 is 25.8 Å². The molecule has 1 N–H and O–H groups in total. The van der Waals surface area contributed by atoms with Crippen LogP contribution >= 0.6 is 0 Å². The summed E-state index contributed by atoms with van der Waals surface area (Å²) in [7, 11) is -6.54. The van der Waals surface area contributed by atoms with Gasteiger partial charge in [-0.2, -0.15) is 21.9 Å². The molecular weight excluding hydrogens is 440 g/mol. The van der Waals surface area contributed by atoms with Crippen molar-refractivity contribution in [1.82, 2.24) is 4.83 Å². The van der Waals surface area contributed by atoms with Gasteiger partial charge in [-0.1, -0.05) is 35.9 Å². The molecule has 8 nitrogen and oxygen atoms in total. The SMILES string of the molecule is COc1ccc(/C=N/NS(=O)(=O)c2ccccc2)cc1OS(=O)(=O)c1ccc(C)cc1. The van der Waals surface area contributed by atoms with Crippen LogP contribution in [-0.4, -0.2) is 30.2 Å². The largest absolute Gasteiger partial charge is 0.493 e. The number of hydrazone groups is 1. The number of benzene rings is 3. The minimum absolute atomic E-state index is 0.00477. The van der Waals surface area contributed by atoms with Crippen LogP contribution in [0.2, 0.25) is 0 Å². The number of ether oxygens (including phenoxy) is 1. The fourth-order valence-electron chi connectivity index (χ4n) is 2.53. The van der Waals surface area contributed by atoms with E-state index in [-0.39, 0.29) is 21.3 Å². The van der Waals surface area contributed by atoms with E-state index in [1.165, 1.54) is 49.7 Å². The normalized spacial score (nSPS) is 11.9. The van der Waals surface area contributed by atoms with Crippen molar-refractivity contribution in [2.24, 2.45) is 5.10 Å². The number of methoxy groups -OCH3 is 1. The number of hydrogen-bond acceptors (Lipinski definition) is 7. The van der Waals surface area contributed by atoms with Crippen LogP contribution in [0.3, 0.4) is 0 Å². The Labute approximate surface area is 181 Å². The Morgan fingerprint density at radius 2 is 1.52 bits per heavy atom. The maximum Gasteiger partial charge on any atom is 0.339 e. The highest BCUT2D eigenvalue weighted by molar-refractivity contribution is 7.89. The summed E-state index contributed by atoms with van der Waals surface area (Å²) in [6.07, 6.45) is 1.23. The Hall–Kier alpha value is -3.37. The van der Waals surface area contributed by atoms with Crippen molar-refractivity contribution >= 4 is 26.4 Å². The van der Waals surface area contributed by atoms with E-state index in [4.69, 9.17) is 8.92 Å². The maximum absolute atomic E-state index is 12.6. The zero-order valence-corrected chi connectivity index (χ0v) is 18.4. The molecule has 0 radical (unpaired) electrons. The lowest BCUT2D eigenvalue weighted by molar-refractivity contribution is 0.390. The number of nitrogens with one attached hydrogen (secondary N) is 1. The molecule has 0 amide bonds. The van der Waals surface area contributed by atoms with Crippen LogP contribution in [0.25, 0.3) is 0 Å². The molecule has 3 aromatic rings. The maximum atomic E-state index is 12.6. The van der Waals surface area contributed by atoms with Crippen LogP contribution in [0.4, 0.5) is 0 Å². The van der Waals surface area contributed by atoms with E-state index in [1.54, 1.807) is 36.4 Å². The van der Waals surface area contributed by atoms with Gasteiger partial charge in [0.1, 0.15) is 4.90 Å². The first-order chi connectivity index (χ1) is 14.7. The fourth-order valence-corrected chi connectivity index (χ4v) is 4.28. The monoisotopic (exact) mass is 460 g/mol. The van der Waals surface area contributed by atoms with Crippen molar-refractivity contribution in [1.29, 1.82) is 0 Å². The third-order valence-electron chi connectivity index (χ3n) is 4.14. The van der Waals surface area contributed by atoms with Gasteiger partial charge in [-0.15, -0.1) is 0 Å². The predicted molar refractivity (Wildman–Crippen MR) is 116 cm³/mol. The van der Waals surface area contributed by atoms with E-state index < -0.39 is 20.1 Å². The van der Waals surface area contributed by atoms with Gasteiger partial charge in [0.2, 0.25) is 0 Å². The summed E-state index contributed by atoms with van der Waals surface area (Å²) >= 11 is 0. The first-order valence-corrected chi connectivity index (χ1v) is 11.9. The van der Waals surface area contributed by atoms with Crippen molar-refractivity contribution in [2.45, 2.75) is 16.7 Å². The fraction of sp³-hybridized carbons (Fsp3) is 0.0952. The summed E-state index contributed by atoms with van der Waals surface area (Å²) in [5, 5.41) is 3.74. The minimum atomic E-state index is -4.10. The molecule has 0 fully saturated rings. The second-order valence-corrected chi connectivity index (χ2v) is 9.63. The molecule has 31 heavy (non-hydrogen) atoms. The smallest absolute Gasteiger partial charge is 0.339 e. The highest BCUT2D eigenvalue weighted by Gasteiger charge is 2.19. The molecule has 0 atom stereocenters. The quantitative estimate of drug-likeness (QED) is 0.314. The zero-order valence-electron chi connectivity index (χ0n) is 16.7. The van der Waals surface area contributed by atoms with Gasteiger partial charge in [-0.05, 0) is 55.0 Å². The molecule has 0 aromatic heterocycles. The molecule has 0 aliphatic rings. The molecule has 0 bridgehead atoms. The second-order valence-electron chi connectivity index (χ2n) is 6.43. The van der Waals surface area contributed by atoms with Gasteiger partial charge in [0, 0.05) is 0 Å². The van der Waals surface area contributed by atoms with Crippen molar-refractivity contribution in [3.8, 4) is 11.5 Å². The van der Waals surface area contributed by atoms with Crippen molar-refractivity contribution in [3.05, 3.63) is 83.9 Å². The van der Waals surface area contributed by atoms with E-state index in [9.17, 15) is 16.8 Å². The van der Waals surface area contributed by atoms with Crippen molar-refractivity contribution in [2.75, 3.05) is 7.11 Å². The van der Waals surface area contributed by atoms with Gasteiger partial charge in [-0.3, -0.25) is 0 Å². The van der Waals surface area contributed by atoms with E-state index in [1.807, 2.05) is 6.92 Å². The Bertz CT molecular complexity index is 1290. The molecule has 0 aliphatic carbocycles. The highest BCUT2D eigenvalue weighted by atomic mass is 32.2. The third-order valence-corrected chi connectivity index (χ3v) is 6.62. The number of aryl methyl sites for hydroxylation is 1. The first-order valence-electron chi connectivity index (χ1n) is 9.00. The average Bonchev–Trinajstić information content (AvgIpc) is 2.74. The summed E-state index contributed by atoms with van der Waals surface area (Å²) in [5.41, 5.74) is 1.30. The van der Waals surface area contributed by atoms with Gasteiger partial charge in [-0.25, -0.2) is 4.83 Å². The lowest BCUT2D eigenvalue weighted by atomic mass is 10.2. The molecule has 3 rings (SSSR count). The van der Waals surface area contributed by atoms with Gasteiger partial charge in [0.15, 0.2) is 11.5 Å². The summed E-state index contributed by atoms with van der Waals surface area (Å²) in [5.74, 6) is 0.135. The Morgan fingerprint density at radius 3 is 2.16 bits per heavy atom. The van der Waals surface area contributed by atoms with Crippen LogP contribution in [0.15, 0.2) is 87.7 Å². The summed E-state index contributed by atoms with van der Waals surface area (Å²) in [6, 6.07) is 18.4. The molecular formula is C21H20N2O6S2. The molecule has 3 aromatic carbocycles. The molecule has 0 heterocycles. The number of rotatable bonds is 8. The number of hydrogen-bond donors (Lipinski definition) is 1. The molecule has 0 unspecified atom stereocenters. The lowest BCUT2D eigenvalue weighted by Crippen LogP contribution is -2.18. The summed E-state index contributed by atoms with van der Waals surface area (Å²) < 4.78 is 60.0. The van der Waals surface area contributed by atoms with E-state index in [0.717, 1.165) is 5.56 Å². The number of nitrogens with zero attached hydrogens (tertiary/aromatic N) is 1. The Morgan fingerprint density at radius 1 is 0.839 bits per heavy atom. The van der Waals surface area contributed by atoms with E-state index >= 15 is 0 Å². The molecule has 10 heteroatoms. The standard InChI is InChI=1S/C21H20N2O6S2/c1-16-8-11-19(12-9-16)31(26,27)29-21-14-17(10-13-20(21)28-2)15-22-23-30(24,25)18-6-4-3-5-7-18/h3-15,23H,1-2H3/b22-15+. The molecule has 0 spiro atoms. The summed E-state index contributed by atoms with van der Waals surface area (Å²) in [6.45, 7) is 1.84. The zero-order chi connectivity index (χ0) is 22.5. The molecule has 0 saturated heterocycles. The minimum Gasteiger partial charge on any atom is -0.493 e. The van der Waals surface area contributed by atoms with Crippen LogP contribution in [-0.2, 0) is 20.1 Å². The predicted octanol–water partition coefficient (Wildman–Crippen LogP) is 3.08. The average molecular weight is 461 g/mol.